The van der Waals surface area contributed by atoms with Crippen molar-refractivity contribution >= 4 is 17.1 Å². The normalized spacial score (nSPS) is 26.9. The maximum absolute atomic E-state index is 13.6. The van der Waals surface area contributed by atoms with Gasteiger partial charge in [-0.25, -0.2) is 4.98 Å². The molecule has 1 aromatic carbocycles. The second kappa shape index (κ2) is 5.88. The molecule has 1 aromatic heterocycles. The van der Waals surface area contributed by atoms with Gasteiger partial charge in [-0.15, -0.1) is 11.3 Å². The molecular weight excluding hydrogens is 338 g/mol. The fraction of sp³-hybridized carbons (Fsp3) is 0.478. The number of hydrogen-bond donors (Lipinski definition) is 0. The van der Waals surface area contributed by atoms with E-state index >= 15 is 0 Å². The van der Waals surface area contributed by atoms with Gasteiger partial charge in [0.2, 0.25) is 0 Å². The average molecular weight is 364 g/mol. The average Bonchev–Trinajstić information content (AvgIpc) is 3.30. The Morgan fingerprint density at radius 3 is 2.62 bits per heavy atom. The molecule has 0 amide bonds. The molecule has 1 heterocycles. The standard InChI is InChI=1S/C23H25NOS/c1-2-23(17-8-4-3-5-9-17)20-16(12-18-21(23)26-15-24-18)13-22(14-19(20)25)10-6-7-11-22/h3-5,8-9,15H,2,6-7,10-14H2,1H3. The first-order valence-electron chi connectivity index (χ1n) is 9.93. The van der Waals surface area contributed by atoms with Crippen molar-refractivity contribution in [2.75, 3.05) is 0 Å². The van der Waals surface area contributed by atoms with E-state index in [1.165, 1.54) is 47.4 Å². The number of carbonyl (C=O) groups excluding carboxylic acids is 1. The summed E-state index contributed by atoms with van der Waals surface area (Å²) in [5.41, 5.74) is 6.93. The van der Waals surface area contributed by atoms with E-state index in [0.29, 0.717) is 5.78 Å². The number of hydrogen-bond acceptors (Lipinski definition) is 3. The van der Waals surface area contributed by atoms with Crippen LogP contribution in [0.15, 0.2) is 47.0 Å². The van der Waals surface area contributed by atoms with Crippen LogP contribution in [-0.4, -0.2) is 10.8 Å². The Balaban J connectivity index is 1.75. The molecule has 1 spiro atoms. The van der Waals surface area contributed by atoms with E-state index in [-0.39, 0.29) is 10.8 Å². The van der Waals surface area contributed by atoms with Crippen LogP contribution in [0, 0.1) is 5.41 Å². The van der Waals surface area contributed by atoms with E-state index in [1.807, 2.05) is 5.51 Å². The van der Waals surface area contributed by atoms with Crippen molar-refractivity contribution < 1.29 is 4.79 Å². The number of fused-ring (bicyclic) bond motifs is 1. The van der Waals surface area contributed by atoms with Crippen molar-refractivity contribution in [1.82, 2.24) is 4.98 Å². The maximum Gasteiger partial charge on any atom is 0.160 e. The number of carbonyl (C=O) groups is 1. The molecule has 0 aliphatic heterocycles. The Morgan fingerprint density at radius 1 is 1.12 bits per heavy atom. The van der Waals surface area contributed by atoms with Crippen LogP contribution in [0.1, 0.15) is 68.0 Å². The Labute approximate surface area is 159 Å². The number of nitrogens with zero attached hydrogens (tertiary/aromatic N) is 1. The Kier molecular flexibility index (Phi) is 3.72. The molecular formula is C23H25NOS. The lowest BCUT2D eigenvalue weighted by Crippen LogP contribution is -2.42. The van der Waals surface area contributed by atoms with Crippen LogP contribution in [0.4, 0.5) is 0 Å². The number of Topliss-reactive ketones (excluding diaryl/α,β-unsaturated/α-hetero) is 1. The summed E-state index contributed by atoms with van der Waals surface area (Å²) in [6, 6.07) is 10.7. The van der Waals surface area contributed by atoms with Gasteiger partial charge in [-0.3, -0.25) is 4.79 Å². The molecule has 2 aromatic rings. The second-order valence-electron chi connectivity index (χ2n) is 8.39. The van der Waals surface area contributed by atoms with Gasteiger partial charge in [0.05, 0.1) is 16.6 Å². The number of thiazole rings is 1. The zero-order chi connectivity index (χ0) is 17.8. The first-order valence-corrected chi connectivity index (χ1v) is 10.8. The smallest absolute Gasteiger partial charge is 0.160 e. The lowest BCUT2D eigenvalue weighted by atomic mass is 9.58. The predicted octanol–water partition coefficient (Wildman–Crippen LogP) is 5.62. The number of aromatic nitrogens is 1. The van der Waals surface area contributed by atoms with Crippen molar-refractivity contribution in [3.05, 3.63) is 63.1 Å². The van der Waals surface area contributed by atoms with Crippen molar-refractivity contribution in [1.29, 1.82) is 0 Å². The maximum atomic E-state index is 13.6. The van der Waals surface area contributed by atoms with Gasteiger partial charge in [0.25, 0.3) is 0 Å². The van der Waals surface area contributed by atoms with Crippen LogP contribution in [0.5, 0.6) is 0 Å². The van der Waals surface area contributed by atoms with Crippen molar-refractivity contribution in [2.45, 2.75) is 63.7 Å². The highest BCUT2D eigenvalue weighted by Gasteiger charge is 2.52. The molecule has 3 aliphatic rings. The minimum Gasteiger partial charge on any atom is -0.294 e. The fourth-order valence-corrected chi connectivity index (χ4v) is 7.11. The van der Waals surface area contributed by atoms with Crippen LogP contribution >= 0.6 is 11.3 Å². The first kappa shape index (κ1) is 16.4. The summed E-state index contributed by atoms with van der Waals surface area (Å²) in [5.74, 6) is 0.415. The van der Waals surface area contributed by atoms with E-state index < -0.39 is 0 Å². The van der Waals surface area contributed by atoms with Crippen LogP contribution in [-0.2, 0) is 16.6 Å². The van der Waals surface area contributed by atoms with Gasteiger partial charge in [0, 0.05) is 23.3 Å². The predicted molar refractivity (Wildman–Crippen MR) is 105 cm³/mol. The molecule has 1 unspecified atom stereocenters. The van der Waals surface area contributed by atoms with Gasteiger partial charge in [0.15, 0.2) is 5.78 Å². The highest BCUT2D eigenvalue weighted by molar-refractivity contribution is 7.10. The highest BCUT2D eigenvalue weighted by atomic mass is 32.1. The topological polar surface area (TPSA) is 30.0 Å². The zero-order valence-electron chi connectivity index (χ0n) is 15.4. The molecule has 1 saturated carbocycles. The van der Waals surface area contributed by atoms with E-state index in [9.17, 15) is 4.79 Å². The van der Waals surface area contributed by atoms with E-state index in [1.54, 1.807) is 11.3 Å². The molecule has 2 nitrogen and oxygen atoms in total. The van der Waals surface area contributed by atoms with Gasteiger partial charge in [-0.05, 0) is 36.7 Å². The molecule has 0 saturated heterocycles. The Morgan fingerprint density at radius 2 is 1.88 bits per heavy atom. The van der Waals surface area contributed by atoms with E-state index in [2.05, 4.69) is 37.3 Å². The summed E-state index contributed by atoms with van der Waals surface area (Å²) >= 11 is 1.74. The number of benzene rings is 1. The second-order valence-corrected chi connectivity index (χ2v) is 9.25. The quantitative estimate of drug-likeness (QED) is 0.693. The van der Waals surface area contributed by atoms with Crippen molar-refractivity contribution in [3.8, 4) is 0 Å². The van der Waals surface area contributed by atoms with E-state index in [4.69, 9.17) is 4.98 Å². The Hall–Kier alpha value is -1.74. The van der Waals surface area contributed by atoms with Crippen LogP contribution in [0.3, 0.4) is 0 Å². The van der Waals surface area contributed by atoms with Gasteiger partial charge >= 0.3 is 0 Å². The van der Waals surface area contributed by atoms with E-state index in [0.717, 1.165) is 31.3 Å². The molecule has 3 aliphatic carbocycles. The summed E-state index contributed by atoms with van der Waals surface area (Å²) in [7, 11) is 0. The lowest BCUT2D eigenvalue weighted by molar-refractivity contribution is -0.119. The highest BCUT2D eigenvalue weighted by Crippen LogP contribution is 2.58. The number of ketones is 1. The third kappa shape index (κ3) is 2.16. The Bertz CT molecular complexity index is 888. The summed E-state index contributed by atoms with van der Waals surface area (Å²) in [5, 5.41) is 0. The number of allylic oxidation sites excluding steroid dienone is 2. The van der Waals surface area contributed by atoms with Gasteiger partial charge in [-0.2, -0.15) is 0 Å². The first-order chi connectivity index (χ1) is 12.7. The van der Waals surface area contributed by atoms with Crippen molar-refractivity contribution in [3.63, 3.8) is 0 Å². The third-order valence-electron chi connectivity index (χ3n) is 7.05. The molecule has 1 fully saturated rings. The summed E-state index contributed by atoms with van der Waals surface area (Å²) in [6.45, 7) is 2.24. The summed E-state index contributed by atoms with van der Waals surface area (Å²) < 4.78 is 0. The SMILES string of the molecule is CCC1(c2ccccc2)C2=C(Cc3ncsc31)CC1(CCCC1)CC2=O. The summed E-state index contributed by atoms with van der Waals surface area (Å²) in [6.07, 6.45) is 8.70. The third-order valence-corrected chi connectivity index (χ3v) is 8.08. The molecule has 3 heteroatoms. The minimum atomic E-state index is -0.289. The molecule has 0 bridgehead atoms. The van der Waals surface area contributed by atoms with Crippen LogP contribution in [0.25, 0.3) is 0 Å². The molecule has 26 heavy (non-hydrogen) atoms. The summed E-state index contributed by atoms with van der Waals surface area (Å²) in [4.78, 5) is 19.6. The largest absolute Gasteiger partial charge is 0.294 e. The molecule has 5 rings (SSSR count). The monoisotopic (exact) mass is 363 g/mol. The van der Waals surface area contributed by atoms with Gasteiger partial charge in [0.1, 0.15) is 0 Å². The molecule has 1 atom stereocenters. The zero-order valence-corrected chi connectivity index (χ0v) is 16.2. The minimum absolute atomic E-state index is 0.250. The molecule has 0 radical (unpaired) electrons. The van der Waals surface area contributed by atoms with Crippen molar-refractivity contribution in [2.24, 2.45) is 5.41 Å². The van der Waals surface area contributed by atoms with Crippen LogP contribution < -0.4 is 0 Å². The molecule has 0 N–H and O–H groups in total. The fourth-order valence-electron chi connectivity index (χ4n) is 6.00. The van der Waals surface area contributed by atoms with Crippen LogP contribution in [0.2, 0.25) is 0 Å². The van der Waals surface area contributed by atoms with Gasteiger partial charge < -0.3 is 0 Å². The van der Waals surface area contributed by atoms with Gasteiger partial charge in [-0.1, -0.05) is 55.7 Å². The molecule has 134 valence electrons. The number of rotatable bonds is 2. The lowest BCUT2D eigenvalue weighted by Gasteiger charge is -2.45.